The van der Waals surface area contributed by atoms with E-state index in [9.17, 15) is 127 Å². The first-order valence-corrected chi connectivity index (χ1v) is 37.9. The van der Waals surface area contributed by atoms with Crippen molar-refractivity contribution >= 4 is 135 Å². The normalized spacial score (nSPS) is 14.2. The quantitative estimate of drug-likeness (QED) is 0.00820. The summed E-state index contributed by atoms with van der Waals surface area (Å²) < 4.78 is 0. The number of carbonyl (C=O) groups is 20. The number of primary amides is 1. The Morgan fingerprint density at radius 3 is 1.43 bits per heavy atom. The second-order valence-corrected chi connectivity index (χ2v) is 27.8. The summed E-state index contributed by atoms with van der Waals surface area (Å²) in [6.07, 6.45) is -0.347. The van der Waals surface area contributed by atoms with Crippen LogP contribution in [0.4, 0.5) is 5.69 Å². The second kappa shape index (κ2) is 52.7. The van der Waals surface area contributed by atoms with E-state index in [0.717, 1.165) is 52.4 Å². The van der Waals surface area contributed by atoms with Crippen molar-refractivity contribution in [3.8, 4) is 0 Å². The molecule has 48 nitrogen and oxygen atoms in total. The molecule has 13 atom stereocenters. The number of aromatic nitrogens is 1. The van der Waals surface area contributed by atoms with Crippen molar-refractivity contribution in [2.45, 2.75) is 209 Å². The lowest BCUT2D eigenvalue weighted by molar-refractivity contribution is -0.143. The van der Waals surface area contributed by atoms with Gasteiger partial charge >= 0.3 is 5.97 Å². The molecule has 0 aliphatic rings. The number of aromatic amines is 1. The minimum atomic E-state index is -2.10. The molecule has 2 aromatic carbocycles. The number of anilines is 1. The topological polar surface area (TPSA) is 781 Å². The first-order valence-electron chi connectivity index (χ1n) is 37.9. The molecule has 0 aliphatic carbocycles. The Morgan fingerprint density at radius 1 is 0.433 bits per heavy atom. The van der Waals surface area contributed by atoms with Crippen LogP contribution in [-0.4, -0.2) is 258 Å². The number of hydrogen-bond donors (Lipinski definition) is 28. The fourth-order valence-electron chi connectivity index (χ4n) is 11.6. The van der Waals surface area contributed by atoms with Gasteiger partial charge in [0.25, 0.3) is 0 Å². The van der Waals surface area contributed by atoms with Crippen LogP contribution in [0.5, 0.6) is 0 Å². The number of carboxylic acids is 1. The van der Waals surface area contributed by atoms with Crippen LogP contribution >= 0.6 is 0 Å². The van der Waals surface area contributed by atoms with E-state index in [-0.39, 0.29) is 43.5 Å². The van der Waals surface area contributed by atoms with E-state index in [1.165, 1.54) is 53.1 Å². The summed E-state index contributed by atoms with van der Waals surface area (Å²) in [6, 6.07) is -8.37. The zero-order valence-corrected chi connectivity index (χ0v) is 66.1. The number of rotatable bonds is 55. The van der Waals surface area contributed by atoms with Gasteiger partial charge in [-0.1, -0.05) is 82.7 Å². The van der Waals surface area contributed by atoms with Gasteiger partial charge < -0.3 is 107 Å². The Morgan fingerprint density at radius 2 is 0.883 bits per heavy atom. The highest BCUT2D eigenvalue weighted by Gasteiger charge is 2.39. The number of aliphatic hydroxyl groups excluding tert-OH is 2. The first-order chi connectivity index (χ1) is 56.8. The molecule has 0 aliphatic heterocycles. The second-order valence-electron chi connectivity index (χ2n) is 27.8. The summed E-state index contributed by atoms with van der Waals surface area (Å²) in [5.74, 6) is -26.2. The summed E-state index contributed by atoms with van der Waals surface area (Å²) in [6.45, 7) is 1.62. The molecule has 1 heterocycles. The molecule has 0 fully saturated rings. The lowest BCUT2D eigenvalue weighted by atomic mass is 9.95. The molecule has 0 saturated carbocycles. The van der Waals surface area contributed by atoms with Gasteiger partial charge in [0, 0.05) is 54.0 Å². The predicted octanol–water partition coefficient (Wildman–Crippen LogP) is -8.42. The third-order valence-electron chi connectivity index (χ3n) is 18.1. The van der Waals surface area contributed by atoms with Gasteiger partial charge in [0.1, 0.15) is 66.5 Å². The highest BCUT2D eigenvalue weighted by molar-refractivity contribution is 6.05. The Hall–Kier alpha value is -12.9. The van der Waals surface area contributed by atoms with Crippen LogP contribution in [0.1, 0.15) is 146 Å². The zero-order chi connectivity index (χ0) is 89.9. The van der Waals surface area contributed by atoms with Gasteiger partial charge in [0.15, 0.2) is 5.78 Å². The zero-order valence-electron chi connectivity index (χ0n) is 66.1. The number of benzene rings is 2. The monoisotopic (exact) mass is 1700 g/mol. The molecule has 3 rings (SSSR count). The van der Waals surface area contributed by atoms with Gasteiger partial charge in [-0.3, -0.25) is 112 Å². The number of nitrogens with one attached hydrogen (secondary N) is 18. The smallest absolute Gasteiger partial charge is 0.326 e. The maximum atomic E-state index is 14.2. The van der Waals surface area contributed by atoms with Crippen molar-refractivity contribution in [2.24, 2.45) is 17.4 Å². The Balaban J connectivity index is 1.75. The number of carbonyl (C=O) groups excluding carboxylic acids is 19. The molecule has 48 heteroatoms. The summed E-state index contributed by atoms with van der Waals surface area (Å²) in [4.78, 5) is 269. The first kappa shape index (κ1) is 101. The highest BCUT2D eigenvalue weighted by Crippen LogP contribution is 2.21. The van der Waals surface area contributed by atoms with Crippen LogP contribution in [0.2, 0.25) is 0 Å². The van der Waals surface area contributed by atoms with Crippen molar-refractivity contribution in [1.29, 1.82) is 0 Å². The molecule has 0 bridgehead atoms. The molecule has 662 valence electrons. The standard InChI is InChI=1S/C72H107N21O27/c1-5-6-7-8-9-10-11-22-53(98)81-44(25-38-31-76-42-20-15-13-17-39(38)42)66(109)84-45(27-52(75)97)67(110)86-48(30-57(102)93-120)68(111)89-61(37(4)95)70(113)78-33-58(103)80-43(21-16-23-73)64(107)85-47(29-56(101)92-119)65(108)79-36(3)62(105)83-46(28-55(100)91-118)63(106)77-32-59(104)82-50(34-94)69(112)88-60(35(2)24-54(99)90-117)71(114)87-49(72(115)116)26-51(96)40-18-12-14-19-41(40)74/h12-15,17-20,31,35-37,43-50,60-61,76,94-95,117-120H,5-11,16,21-30,32-34,73-74H2,1-4H3,(H2,75,97)(H,77,106)(H,78,113)(H,79,108)(H,80,103)(H,81,98)(H,82,104)(H,83,105)(H,84,109)(H,85,107)(H,86,110)(H,87,114)(H,88,112)(H,89,111)(H,90,99)(H,91,100)(H,92,101)(H,93,102)(H,115,116)/t35-,36-,37-,43+,44+,45-,46+,47+,48+,49+,50-,60+,61+/m1/s1. The van der Waals surface area contributed by atoms with E-state index in [1.807, 2.05) is 10.6 Å². The SMILES string of the molecule is CCCCCCCCCC(=O)N[C@@H](Cc1c[nH]c2ccccc12)C(=O)N[C@H](CC(N)=O)C(=O)N[C@@H](CC(=O)NO)C(=O)N[C@H](C(=O)NCC(=O)N[C@@H](CCCN)C(=O)N[C@@H](CC(=O)NO)C(=O)N[C@H](C)C(=O)N[C@@H](CC(=O)NO)C(=O)NCC(=O)N[C@H](CO)C(=O)N[C@H](C(=O)N[C@@H](CC(=O)c1ccccc1N)C(=O)O)[C@H](C)CC(=O)NO)[C@@H](C)O. The van der Waals surface area contributed by atoms with E-state index >= 15 is 0 Å². The summed E-state index contributed by atoms with van der Waals surface area (Å²) in [5.41, 5.74) is 23.2. The number of Topliss-reactive ketones (excluding diaryl/α,β-unsaturated/α-hetero) is 1. The third kappa shape index (κ3) is 35.5. The Bertz CT molecular complexity index is 4110. The van der Waals surface area contributed by atoms with Gasteiger partial charge in [-0.15, -0.1) is 0 Å². The molecule has 0 spiro atoms. The molecular weight excluding hydrogens is 1590 g/mol. The van der Waals surface area contributed by atoms with Gasteiger partial charge in [-0.2, -0.15) is 0 Å². The maximum absolute atomic E-state index is 14.2. The van der Waals surface area contributed by atoms with Crippen LogP contribution in [0.25, 0.3) is 10.9 Å². The third-order valence-corrected chi connectivity index (χ3v) is 18.1. The van der Waals surface area contributed by atoms with Crippen LogP contribution in [0, 0.1) is 5.92 Å². The van der Waals surface area contributed by atoms with Crippen molar-refractivity contribution in [3.63, 3.8) is 0 Å². The van der Waals surface area contributed by atoms with Crippen molar-refractivity contribution in [3.05, 3.63) is 65.9 Å². The average Bonchev–Trinajstić information content (AvgIpc) is 1.69. The lowest BCUT2D eigenvalue weighted by Crippen LogP contribution is -2.61. The van der Waals surface area contributed by atoms with Crippen LogP contribution in [-0.2, 0) is 97.5 Å². The van der Waals surface area contributed by atoms with Crippen LogP contribution in [0.3, 0.4) is 0 Å². The van der Waals surface area contributed by atoms with Crippen LogP contribution < -0.4 is 108 Å². The molecule has 0 radical (unpaired) electrons. The Kier molecular flexibility index (Phi) is 44.5. The summed E-state index contributed by atoms with van der Waals surface area (Å²) >= 11 is 0. The average molecular weight is 1700 g/mol. The van der Waals surface area contributed by atoms with E-state index in [0.29, 0.717) is 22.9 Å². The molecular formula is C72H107N21O27. The fourth-order valence-corrected chi connectivity index (χ4v) is 11.6. The molecule has 1 aromatic heterocycles. The lowest BCUT2D eigenvalue weighted by Gasteiger charge is -2.27. The number of para-hydroxylation sites is 2. The number of unbranched alkanes of at least 4 members (excludes halogenated alkanes) is 6. The number of fused-ring (bicyclic) bond motifs is 1. The molecule has 31 N–H and O–H groups in total. The number of nitrogens with two attached hydrogens (primary N) is 3. The number of ketones is 1. The van der Waals surface area contributed by atoms with Gasteiger partial charge in [-0.25, -0.2) is 26.7 Å². The fraction of sp³-hybridized carbons (Fsp3) is 0.528. The molecule has 0 saturated heterocycles. The van der Waals surface area contributed by atoms with Gasteiger partial charge in [-0.05, 0) is 69.3 Å². The largest absolute Gasteiger partial charge is 0.480 e. The number of H-pyrrole nitrogens is 1. The molecule has 120 heavy (non-hydrogen) atoms. The van der Waals surface area contributed by atoms with E-state index < -0.39 is 255 Å². The Labute approximate surface area is 685 Å². The number of amides is 18. The molecule has 3 aromatic rings. The predicted molar refractivity (Wildman–Crippen MR) is 413 cm³/mol. The minimum Gasteiger partial charge on any atom is -0.480 e. The van der Waals surface area contributed by atoms with E-state index in [2.05, 4.69) is 70.4 Å². The highest BCUT2D eigenvalue weighted by atomic mass is 16.5. The number of nitrogen functional groups attached to an aromatic ring is 1. The molecule has 0 unspecified atom stereocenters. The van der Waals surface area contributed by atoms with Crippen molar-refractivity contribution < 1.29 is 132 Å². The van der Waals surface area contributed by atoms with Gasteiger partial charge in [0.05, 0.1) is 51.5 Å². The van der Waals surface area contributed by atoms with Crippen molar-refractivity contribution in [2.75, 3.05) is 32.0 Å². The number of carboxylic acid groups (broad SMARTS) is 1. The number of hydroxylamine groups is 4. The summed E-state index contributed by atoms with van der Waals surface area (Å²) in [5, 5.41) is 97.0. The maximum Gasteiger partial charge on any atom is 0.326 e. The summed E-state index contributed by atoms with van der Waals surface area (Å²) in [7, 11) is 0. The van der Waals surface area contributed by atoms with Crippen molar-refractivity contribution in [1.82, 2.24) is 96.0 Å². The minimum absolute atomic E-state index is 0.0204. The van der Waals surface area contributed by atoms with Crippen LogP contribution in [0.15, 0.2) is 54.7 Å². The molecule has 18 amide bonds. The number of hydrogen-bond acceptors (Lipinski definition) is 28. The number of aliphatic hydroxyl groups is 2. The number of aliphatic carboxylic acids is 1. The van der Waals surface area contributed by atoms with E-state index in [1.54, 1.807) is 30.5 Å². The van der Waals surface area contributed by atoms with Gasteiger partial charge in [0.2, 0.25) is 106 Å². The van der Waals surface area contributed by atoms with E-state index in [4.69, 9.17) is 22.4 Å².